The van der Waals surface area contributed by atoms with Gasteiger partial charge in [0.1, 0.15) is 0 Å². The minimum Gasteiger partial charge on any atom is -0.455 e. The molecular weight excluding hydrogens is 236 g/mol. The molecule has 0 unspecified atom stereocenters. The van der Waals surface area contributed by atoms with E-state index in [1.54, 1.807) is 0 Å². The fourth-order valence-electron chi connectivity index (χ4n) is 2.03. The zero-order valence-corrected chi connectivity index (χ0v) is 10.2. The quantitative estimate of drug-likeness (QED) is 0.723. The first-order valence-electron chi connectivity index (χ1n) is 6.42. The van der Waals surface area contributed by atoms with Gasteiger partial charge in [-0.3, -0.25) is 14.9 Å². The highest BCUT2D eigenvalue weighted by Gasteiger charge is 2.31. The molecule has 18 heavy (non-hydrogen) atoms. The Balaban J connectivity index is 1.60. The van der Waals surface area contributed by atoms with Crippen molar-refractivity contribution in [1.29, 1.82) is 0 Å². The minimum absolute atomic E-state index is 0.0369. The summed E-state index contributed by atoms with van der Waals surface area (Å²) in [6.07, 6.45) is 5.80. The molecule has 0 saturated heterocycles. The maximum absolute atomic E-state index is 11.4. The second-order valence-corrected chi connectivity index (χ2v) is 4.89. The highest BCUT2D eigenvalue weighted by molar-refractivity contribution is 5.95. The first kappa shape index (κ1) is 12.9. The lowest BCUT2D eigenvalue weighted by atomic mass is 10.2. The van der Waals surface area contributed by atoms with E-state index < -0.39 is 11.9 Å². The molecule has 2 aliphatic carbocycles. The average Bonchev–Trinajstić information content (AvgIpc) is 3.06. The SMILES string of the molecule is O=C(COC(=O)C1CC1)NC(=O)NC1CCCC1. The third-order valence-corrected chi connectivity index (χ3v) is 3.20. The van der Waals surface area contributed by atoms with E-state index in [1.165, 1.54) is 0 Å². The Morgan fingerprint density at radius 2 is 1.72 bits per heavy atom. The Labute approximate surface area is 105 Å². The number of nitrogens with one attached hydrogen (secondary N) is 2. The highest BCUT2D eigenvalue weighted by Crippen LogP contribution is 2.29. The summed E-state index contributed by atoms with van der Waals surface area (Å²) >= 11 is 0. The summed E-state index contributed by atoms with van der Waals surface area (Å²) in [6.45, 7) is -0.382. The number of ether oxygens (including phenoxy) is 1. The average molecular weight is 254 g/mol. The lowest BCUT2D eigenvalue weighted by molar-refractivity contribution is -0.149. The van der Waals surface area contributed by atoms with Gasteiger partial charge in [0.2, 0.25) is 0 Å². The van der Waals surface area contributed by atoms with Crippen LogP contribution in [0.15, 0.2) is 0 Å². The summed E-state index contributed by atoms with van der Waals surface area (Å²) in [6, 6.07) is -0.346. The molecule has 6 heteroatoms. The maximum atomic E-state index is 11.4. The molecular formula is C12H18N2O4. The standard InChI is InChI=1S/C12H18N2O4/c15-10(7-18-11(16)8-5-6-8)14-12(17)13-9-3-1-2-4-9/h8-9H,1-7H2,(H2,13,14,15,17). The van der Waals surface area contributed by atoms with Gasteiger partial charge in [-0.05, 0) is 25.7 Å². The molecule has 0 aromatic rings. The predicted octanol–water partition coefficient (Wildman–Crippen LogP) is 0.708. The second kappa shape index (κ2) is 5.84. The molecule has 0 spiro atoms. The Hall–Kier alpha value is -1.59. The molecule has 0 atom stereocenters. The van der Waals surface area contributed by atoms with Gasteiger partial charge in [-0.1, -0.05) is 12.8 Å². The lowest BCUT2D eigenvalue weighted by Crippen LogP contribution is -2.45. The summed E-state index contributed by atoms with van der Waals surface area (Å²) in [5.74, 6) is -0.967. The molecule has 2 N–H and O–H groups in total. The Kier molecular flexibility index (Phi) is 4.17. The van der Waals surface area contributed by atoms with Gasteiger partial charge >= 0.3 is 12.0 Å². The molecule has 0 aliphatic heterocycles. The maximum Gasteiger partial charge on any atom is 0.321 e. The van der Waals surface area contributed by atoms with Gasteiger partial charge in [0.15, 0.2) is 6.61 Å². The van der Waals surface area contributed by atoms with Crippen molar-refractivity contribution in [3.8, 4) is 0 Å². The fraction of sp³-hybridized carbons (Fsp3) is 0.750. The summed E-state index contributed by atoms with van der Waals surface area (Å²) in [5, 5.41) is 4.88. The monoisotopic (exact) mass is 254 g/mol. The van der Waals surface area contributed by atoms with Gasteiger partial charge < -0.3 is 10.1 Å². The van der Waals surface area contributed by atoms with Crippen molar-refractivity contribution < 1.29 is 19.1 Å². The summed E-state index contributed by atoms with van der Waals surface area (Å²) in [4.78, 5) is 33.9. The zero-order chi connectivity index (χ0) is 13.0. The van der Waals surface area contributed by atoms with Crippen molar-refractivity contribution in [2.45, 2.75) is 44.6 Å². The summed E-state index contributed by atoms with van der Waals surface area (Å²) in [7, 11) is 0. The van der Waals surface area contributed by atoms with E-state index in [0.717, 1.165) is 38.5 Å². The van der Waals surface area contributed by atoms with Crippen LogP contribution in [0.1, 0.15) is 38.5 Å². The van der Waals surface area contributed by atoms with Gasteiger partial charge in [0.25, 0.3) is 5.91 Å². The largest absolute Gasteiger partial charge is 0.455 e. The molecule has 6 nitrogen and oxygen atoms in total. The Morgan fingerprint density at radius 3 is 2.33 bits per heavy atom. The molecule has 0 radical (unpaired) electrons. The molecule has 100 valence electrons. The van der Waals surface area contributed by atoms with Crippen LogP contribution in [0, 0.1) is 5.92 Å². The van der Waals surface area contributed by atoms with Crippen molar-refractivity contribution in [3.05, 3.63) is 0 Å². The van der Waals surface area contributed by atoms with Gasteiger partial charge in [-0.25, -0.2) is 4.79 Å². The second-order valence-electron chi connectivity index (χ2n) is 4.89. The summed E-state index contributed by atoms with van der Waals surface area (Å²) in [5.41, 5.74) is 0. The van der Waals surface area contributed by atoms with Crippen molar-refractivity contribution in [2.75, 3.05) is 6.61 Å². The first-order chi connectivity index (χ1) is 8.65. The number of carbonyl (C=O) groups excluding carboxylic acids is 3. The topological polar surface area (TPSA) is 84.5 Å². The molecule has 0 heterocycles. The Morgan fingerprint density at radius 1 is 1.06 bits per heavy atom. The smallest absolute Gasteiger partial charge is 0.321 e. The van der Waals surface area contributed by atoms with E-state index in [2.05, 4.69) is 10.6 Å². The van der Waals surface area contributed by atoms with Crippen LogP contribution in [0.25, 0.3) is 0 Å². The van der Waals surface area contributed by atoms with Gasteiger partial charge in [0, 0.05) is 6.04 Å². The molecule has 2 fully saturated rings. The van der Waals surface area contributed by atoms with E-state index in [-0.39, 0.29) is 24.5 Å². The number of hydrogen-bond acceptors (Lipinski definition) is 4. The number of carbonyl (C=O) groups is 3. The number of urea groups is 1. The van der Waals surface area contributed by atoms with E-state index in [4.69, 9.17) is 4.74 Å². The molecule has 2 saturated carbocycles. The van der Waals surface area contributed by atoms with Gasteiger partial charge in [-0.2, -0.15) is 0 Å². The van der Waals surface area contributed by atoms with E-state index in [0.29, 0.717) is 0 Å². The van der Waals surface area contributed by atoms with Crippen LogP contribution in [0.2, 0.25) is 0 Å². The Bertz CT molecular complexity index is 346. The van der Waals surface area contributed by atoms with Crippen LogP contribution in [0.3, 0.4) is 0 Å². The lowest BCUT2D eigenvalue weighted by Gasteiger charge is -2.12. The molecule has 2 aliphatic rings. The van der Waals surface area contributed by atoms with Crippen LogP contribution in [-0.4, -0.2) is 30.6 Å². The van der Waals surface area contributed by atoms with Crippen molar-refractivity contribution in [1.82, 2.24) is 10.6 Å². The number of amides is 3. The summed E-state index contributed by atoms with van der Waals surface area (Å²) < 4.78 is 4.77. The predicted molar refractivity (Wildman–Crippen MR) is 62.6 cm³/mol. The third kappa shape index (κ3) is 4.01. The van der Waals surface area contributed by atoms with Crippen LogP contribution in [-0.2, 0) is 14.3 Å². The van der Waals surface area contributed by atoms with Crippen LogP contribution in [0.4, 0.5) is 4.79 Å². The van der Waals surface area contributed by atoms with Crippen molar-refractivity contribution in [2.24, 2.45) is 5.92 Å². The van der Waals surface area contributed by atoms with E-state index in [9.17, 15) is 14.4 Å². The van der Waals surface area contributed by atoms with Crippen LogP contribution < -0.4 is 10.6 Å². The normalized spacial score (nSPS) is 19.3. The minimum atomic E-state index is -0.584. The van der Waals surface area contributed by atoms with E-state index >= 15 is 0 Å². The molecule has 2 rings (SSSR count). The molecule has 0 aromatic heterocycles. The van der Waals surface area contributed by atoms with Gasteiger partial charge in [-0.15, -0.1) is 0 Å². The number of rotatable bonds is 4. The molecule has 0 aromatic carbocycles. The van der Waals surface area contributed by atoms with Crippen LogP contribution in [0.5, 0.6) is 0 Å². The van der Waals surface area contributed by atoms with Crippen molar-refractivity contribution >= 4 is 17.9 Å². The number of hydrogen-bond donors (Lipinski definition) is 2. The highest BCUT2D eigenvalue weighted by atomic mass is 16.5. The van der Waals surface area contributed by atoms with Gasteiger partial charge in [0.05, 0.1) is 5.92 Å². The van der Waals surface area contributed by atoms with E-state index in [1.807, 2.05) is 0 Å². The molecule has 3 amide bonds. The fourth-order valence-corrected chi connectivity index (χ4v) is 2.03. The number of esters is 1. The van der Waals surface area contributed by atoms with Crippen molar-refractivity contribution in [3.63, 3.8) is 0 Å². The zero-order valence-electron chi connectivity index (χ0n) is 10.2. The number of imide groups is 1. The third-order valence-electron chi connectivity index (χ3n) is 3.20. The first-order valence-corrected chi connectivity index (χ1v) is 6.42. The molecule has 0 bridgehead atoms. The van der Waals surface area contributed by atoms with Crippen LogP contribution >= 0.6 is 0 Å².